The van der Waals surface area contributed by atoms with Gasteiger partial charge in [0.1, 0.15) is 5.82 Å². The van der Waals surface area contributed by atoms with Gasteiger partial charge in [-0.15, -0.1) is 0 Å². The van der Waals surface area contributed by atoms with Crippen LogP contribution in [0.25, 0.3) is 0 Å². The van der Waals surface area contributed by atoms with Crippen molar-refractivity contribution < 1.29 is 4.79 Å². The van der Waals surface area contributed by atoms with Gasteiger partial charge >= 0.3 is 0 Å². The number of nitrogens with zero attached hydrogens (tertiary/aromatic N) is 3. The van der Waals surface area contributed by atoms with E-state index in [9.17, 15) is 4.79 Å². The average Bonchev–Trinajstić information content (AvgIpc) is 2.65. The van der Waals surface area contributed by atoms with Gasteiger partial charge in [-0.25, -0.2) is 4.98 Å². The number of pyridine rings is 1. The number of aryl methyl sites for hydroxylation is 1. The molecule has 1 saturated heterocycles. The maximum Gasteiger partial charge on any atom is 0.227 e. The fraction of sp³-hybridized carbons (Fsp3) is 0.632. The second-order valence-corrected chi connectivity index (χ2v) is 7.49. The van der Waals surface area contributed by atoms with Gasteiger partial charge in [-0.3, -0.25) is 9.79 Å². The summed E-state index contributed by atoms with van der Waals surface area (Å²) < 4.78 is 0. The van der Waals surface area contributed by atoms with Crippen LogP contribution in [0.4, 0.5) is 5.82 Å². The molecule has 2 rings (SSSR count). The highest BCUT2D eigenvalue weighted by atomic mass is 16.2. The lowest BCUT2D eigenvalue weighted by Gasteiger charge is -2.34. The molecule has 3 N–H and O–H groups in total. The highest BCUT2D eigenvalue weighted by molar-refractivity contribution is 5.84. The fourth-order valence-corrected chi connectivity index (χ4v) is 3.01. The van der Waals surface area contributed by atoms with Gasteiger partial charge in [0.05, 0.1) is 5.41 Å². The number of aromatic nitrogens is 1. The van der Waals surface area contributed by atoms with Crippen molar-refractivity contribution in [1.82, 2.24) is 20.9 Å². The molecule has 1 aromatic heterocycles. The Bertz CT molecular complexity index is 617. The predicted molar refractivity (Wildman–Crippen MR) is 107 cm³/mol. The first-order valence-electron chi connectivity index (χ1n) is 9.22. The minimum atomic E-state index is -0.493. The first-order valence-corrected chi connectivity index (χ1v) is 9.22. The van der Waals surface area contributed by atoms with Crippen molar-refractivity contribution in [2.75, 3.05) is 38.6 Å². The summed E-state index contributed by atoms with van der Waals surface area (Å²) in [5, 5.41) is 9.45. The monoisotopic (exact) mass is 360 g/mol. The van der Waals surface area contributed by atoms with Crippen LogP contribution in [0.15, 0.2) is 23.3 Å². The molecule has 7 nitrogen and oxygen atoms in total. The second kappa shape index (κ2) is 8.87. The summed E-state index contributed by atoms with van der Waals surface area (Å²) in [7, 11) is 3.42. The molecule has 0 unspecified atom stereocenters. The van der Waals surface area contributed by atoms with Crippen LogP contribution in [0.1, 0.15) is 32.3 Å². The summed E-state index contributed by atoms with van der Waals surface area (Å²) in [5.74, 6) is 1.80. The lowest BCUT2D eigenvalue weighted by molar-refractivity contribution is -0.128. The van der Waals surface area contributed by atoms with Crippen LogP contribution in [0.3, 0.4) is 0 Å². The molecule has 1 aliphatic rings. The summed E-state index contributed by atoms with van der Waals surface area (Å²) in [4.78, 5) is 23.0. The number of nitrogens with one attached hydrogen (secondary N) is 3. The molecular weight excluding hydrogens is 328 g/mol. The van der Waals surface area contributed by atoms with E-state index < -0.39 is 5.41 Å². The number of rotatable bonds is 5. The maximum absolute atomic E-state index is 11.9. The van der Waals surface area contributed by atoms with Crippen LogP contribution >= 0.6 is 0 Å². The van der Waals surface area contributed by atoms with Gasteiger partial charge in [-0.1, -0.05) is 6.07 Å². The lowest BCUT2D eigenvalue weighted by atomic mass is 9.92. The van der Waals surface area contributed by atoms with Crippen molar-refractivity contribution in [3.8, 4) is 0 Å². The van der Waals surface area contributed by atoms with E-state index in [1.54, 1.807) is 14.1 Å². The third-order valence-corrected chi connectivity index (χ3v) is 4.82. The van der Waals surface area contributed by atoms with Gasteiger partial charge in [0.15, 0.2) is 5.96 Å². The van der Waals surface area contributed by atoms with Crippen LogP contribution in [0.2, 0.25) is 0 Å². The van der Waals surface area contributed by atoms with Crippen molar-refractivity contribution in [3.05, 3.63) is 23.9 Å². The molecule has 0 aliphatic carbocycles. The molecule has 2 heterocycles. The summed E-state index contributed by atoms with van der Waals surface area (Å²) in [5.41, 5.74) is 0.687. The third-order valence-electron chi connectivity index (χ3n) is 4.82. The van der Waals surface area contributed by atoms with Gasteiger partial charge in [-0.2, -0.15) is 0 Å². The summed E-state index contributed by atoms with van der Waals surface area (Å²) >= 11 is 0. The van der Waals surface area contributed by atoms with E-state index >= 15 is 0 Å². The molecule has 0 aromatic carbocycles. The molecule has 0 atom stereocenters. The van der Waals surface area contributed by atoms with E-state index in [2.05, 4.69) is 49.9 Å². The highest BCUT2D eigenvalue weighted by Crippen LogP contribution is 2.18. The van der Waals surface area contributed by atoms with E-state index in [1.807, 2.05) is 20.0 Å². The number of anilines is 1. The highest BCUT2D eigenvalue weighted by Gasteiger charge is 2.27. The van der Waals surface area contributed by atoms with E-state index in [0.717, 1.165) is 37.7 Å². The number of carbonyl (C=O) groups is 1. The first-order chi connectivity index (χ1) is 12.4. The van der Waals surface area contributed by atoms with Crippen LogP contribution in [0.5, 0.6) is 0 Å². The van der Waals surface area contributed by atoms with E-state index in [0.29, 0.717) is 12.6 Å². The first kappa shape index (κ1) is 20.0. The van der Waals surface area contributed by atoms with Crippen molar-refractivity contribution in [3.63, 3.8) is 0 Å². The quantitative estimate of drug-likeness (QED) is 0.545. The van der Waals surface area contributed by atoms with Crippen molar-refractivity contribution in [2.24, 2.45) is 10.4 Å². The number of carbonyl (C=O) groups excluding carboxylic acids is 1. The second-order valence-electron chi connectivity index (χ2n) is 7.49. The lowest BCUT2D eigenvalue weighted by Crippen LogP contribution is -2.51. The third kappa shape index (κ3) is 5.34. The molecule has 7 heteroatoms. The molecule has 0 bridgehead atoms. The van der Waals surface area contributed by atoms with Gasteiger partial charge in [-0.05, 0) is 45.2 Å². The number of amides is 1. The molecule has 144 valence electrons. The largest absolute Gasteiger partial charge is 0.359 e. The number of aliphatic imine (C=N–C) groups is 1. The fourth-order valence-electron chi connectivity index (χ4n) is 3.01. The smallest absolute Gasteiger partial charge is 0.227 e. The predicted octanol–water partition coefficient (Wildman–Crippen LogP) is 1.30. The summed E-state index contributed by atoms with van der Waals surface area (Å²) in [6.07, 6.45) is 3.96. The Balaban J connectivity index is 1.81. The van der Waals surface area contributed by atoms with Crippen molar-refractivity contribution in [2.45, 2.75) is 39.7 Å². The standard InChI is InChI=1S/C19H32N6O/c1-14-6-7-16(22-12-14)25-10-8-15(9-11-25)24-18(21-5)23-13-19(2,3)17(26)20-4/h6-7,12,15H,8-11,13H2,1-5H3,(H,20,26)(H2,21,23,24). The Kier molecular flexibility index (Phi) is 6.83. The van der Waals surface area contributed by atoms with Crippen LogP contribution in [0, 0.1) is 12.3 Å². The zero-order valence-corrected chi connectivity index (χ0v) is 16.6. The number of guanidine groups is 1. The Morgan fingerprint density at radius 2 is 2.04 bits per heavy atom. The number of hydrogen-bond acceptors (Lipinski definition) is 4. The molecule has 1 aliphatic heterocycles. The van der Waals surface area contributed by atoms with E-state index in [1.165, 1.54) is 5.56 Å². The zero-order chi connectivity index (χ0) is 19.2. The van der Waals surface area contributed by atoms with Crippen molar-refractivity contribution in [1.29, 1.82) is 0 Å². The van der Waals surface area contributed by atoms with Gasteiger partial charge in [0, 0.05) is 46.0 Å². The molecule has 1 amide bonds. The van der Waals surface area contributed by atoms with Crippen LogP contribution in [-0.2, 0) is 4.79 Å². The normalized spacial score (nSPS) is 16.3. The number of piperidine rings is 1. The molecule has 0 radical (unpaired) electrons. The van der Waals surface area contributed by atoms with E-state index in [-0.39, 0.29) is 5.91 Å². The summed E-state index contributed by atoms with van der Waals surface area (Å²) in [6, 6.07) is 4.56. The molecule has 0 spiro atoms. The molecule has 1 aromatic rings. The summed E-state index contributed by atoms with van der Waals surface area (Å²) in [6.45, 7) is 8.34. The molecule has 26 heavy (non-hydrogen) atoms. The van der Waals surface area contributed by atoms with E-state index in [4.69, 9.17) is 0 Å². The van der Waals surface area contributed by atoms with Gasteiger partial charge in [0.25, 0.3) is 0 Å². The van der Waals surface area contributed by atoms with Crippen LogP contribution < -0.4 is 20.9 Å². The van der Waals surface area contributed by atoms with Crippen LogP contribution in [-0.4, -0.2) is 56.6 Å². The Hall–Kier alpha value is -2.31. The Morgan fingerprint density at radius 1 is 1.35 bits per heavy atom. The zero-order valence-electron chi connectivity index (χ0n) is 16.6. The maximum atomic E-state index is 11.9. The minimum Gasteiger partial charge on any atom is -0.359 e. The topological polar surface area (TPSA) is 81.6 Å². The van der Waals surface area contributed by atoms with Gasteiger partial charge in [0.2, 0.25) is 5.91 Å². The van der Waals surface area contributed by atoms with Crippen molar-refractivity contribution >= 4 is 17.7 Å². The molecule has 0 saturated carbocycles. The SMILES string of the molecule is CN=C(NCC(C)(C)C(=O)NC)NC1CCN(c2ccc(C)cn2)CC1. The average molecular weight is 361 g/mol. The molecular formula is C19H32N6O. The van der Waals surface area contributed by atoms with Gasteiger partial charge < -0.3 is 20.9 Å². The minimum absolute atomic E-state index is 0.0133. The molecule has 1 fully saturated rings. The Morgan fingerprint density at radius 3 is 2.58 bits per heavy atom. The Labute approximate surface area is 156 Å². The number of hydrogen-bond donors (Lipinski definition) is 3.